The molecule has 4 rings (SSSR count). The third-order valence-electron chi connectivity index (χ3n) is 4.97. The number of furan rings is 1. The highest BCUT2D eigenvalue weighted by molar-refractivity contribution is 5.52. The number of hydrogen-bond donors (Lipinski definition) is 0. The molecule has 0 atom stereocenters. The zero-order valence-electron chi connectivity index (χ0n) is 15.4. The predicted octanol–water partition coefficient (Wildman–Crippen LogP) is 2.58. The normalized spacial score (nSPS) is 17.5. The van der Waals surface area contributed by atoms with E-state index >= 15 is 0 Å². The molecule has 0 N–H and O–H groups in total. The first-order chi connectivity index (χ1) is 12.8. The first-order valence-electron chi connectivity index (χ1n) is 9.44. The third kappa shape index (κ3) is 3.81. The molecule has 4 heterocycles. The molecule has 0 aromatic carbocycles. The van der Waals surface area contributed by atoms with Crippen LogP contribution < -0.4 is 4.90 Å². The lowest BCUT2D eigenvalue weighted by atomic mass is 10.1. The first-order valence-corrected chi connectivity index (χ1v) is 9.44. The van der Waals surface area contributed by atoms with Crippen LogP contribution in [0.15, 0.2) is 35.0 Å². The summed E-state index contributed by atoms with van der Waals surface area (Å²) in [7, 11) is 0. The van der Waals surface area contributed by atoms with Crippen molar-refractivity contribution in [2.24, 2.45) is 0 Å². The lowest BCUT2D eigenvalue weighted by Gasteiger charge is -2.22. The predicted molar refractivity (Wildman–Crippen MR) is 100 cm³/mol. The number of ether oxygens (including phenoxy) is 1. The maximum atomic E-state index is 5.57. The van der Waals surface area contributed by atoms with Gasteiger partial charge in [-0.2, -0.15) is 0 Å². The molecule has 138 valence electrons. The van der Waals surface area contributed by atoms with Crippen molar-refractivity contribution in [3.63, 3.8) is 0 Å². The smallest absolute Gasteiger partial charge is 0.156 e. The zero-order chi connectivity index (χ0) is 17.8. The lowest BCUT2D eigenvalue weighted by molar-refractivity contribution is 0.128. The summed E-state index contributed by atoms with van der Waals surface area (Å²) < 4.78 is 11.1. The van der Waals surface area contributed by atoms with Gasteiger partial charge in [0.05, 0.1) is 18.5 Å². The molecular formula is C20H26N4O2. The van der Waals surface area contributed by atoms with Crippen LogP contribution in [0.25, 0.3) is 0 Å². The largest absolute Gasteiger partial charge is 0.468 e. The van der Waals surface area contributed by atoms with Crippen molar-refractivity contribution < 1.29 is 9.15 Å². The van der Waals surface area contributed by atoms with E-state index in [0.29, 0.717) is 13.2 Å². The molecule has 0 unspecified atom stereocenters. The molecule has 2 aliphatic rings. The Balaban J connectivity index is 1.57. The molecule has 26 heavy (non-hydrogen) atoms. The second kappa shape index (κ2) is 8.01. The van der Waals surface area contributed by atoms with E-state index in [4.69, 9.17) is 19.1 Å². The number of fused-ring (bicyclic) bond motifs is 1. The zero-order valence-corrected chi connectivity index (χ0v) is 15.4. The topological polar surface area (TPSA) is 54.6 Å². The maximum absolute atomic E-state index is 5.57. The van der Waals surface area contributed by atoms with E-state index in [1.54, 1.807) is 6.26 Å². The minimum absolute atomic E-state index is 0.480. The summed E-state index contributed by atoms with van der Waals surface area (Å²) in [5.41, 5.74) is 2.48. The minimum atomic E-state index is 0.480. The minimum Gasteiger partial charge on any atom is -0.468 e. The van der Waals surface area contributed by atoms with Crippen LogP contribution >= 0.6 is 0 Å². The number of hydrogen-bond acceptors (Lipinski definition) is 6. The highest BCUT2D eigenvalue weighted by atomic mass is 16.5. The summed E-state index contributed by atoms with van der Waals surface area (Å²) in [6, 6.07) is 3.99. The van der Waals surface area contributed by atoms with Gasteiger partial charge in [0.2, 0.25) is 0 Å². The van der Waals surface area contributed by atoms with Crippen molar-refractivity contribution in [2.75, 3.05) is 37.7 Å². The number of rotatable bonds is 6. The molecule has 0 spiro atoms. The molecule has 0 amide bonds. The Morgan fingerprint density at radius 3 is 2.77 bits per heavy atom. The second-order valence-electron chi connectivity index (χ2n) is 6.76. The summed E-state index contributed by atoms with van der Waals surface area (Å²) in [6.45, 7) is 7.84. The molecule has 0 fully saturated rings. The van der Waals surface area contributed by atoms with Gasteiger partial charge in [0.15, 0.2) is 5.82 Å². The van der Waals surface area contributed by atoms with Crippen molar-refractivity contribution in [2.45, 2.75) is 32.9 Å². The molecule has 2 aliphatic heterocycles. The molecule has 6 heteroatoms. The Morgan fingerprint density at radius 1 is 1.15 bits per heavy atom. The van der Waals surface area contributed by atoms with Crippen molar-refractivity contribution in [3.05, 3.63) is 53.4 Å². The highest BCUT2D eigenvalue weighted by Crippen LogP contribution is 2.27. The molecule has 0 saturated carbocycles. The Bertz CT molecular complexity index is 749. The monoisotopic (exact) mass is 354 g/mol. The number of nitrogens with zero attached hydrogens (tertiary/aromatic N) is 4. The van der Waals surface area contributed by atoms with E-state index in [2.05, 4.69) is 22.0 Å². The molecular weight excluding hydrogens is 328 g/mol. The summed E-state index contributed by atoms with van der Waals surface area (Å²) in [4.78, 5) is 14.5. The SMILES string of the molecule is CCOCc1nc2c(c(N3CC=CC3)n1)CCN(Cc1ccco1)CC2. The average Bonchev–Trinajstić information content (AvgIpc) is 3.33. The fraction of sp³-hybridized carbons (Fsp3) is 0.500. The van der Waals surface area contributed by atoms with Crippen molar-refractivity contribution in [1.82, 2.24) is 14.9 Å². The van der Waals surface area contributed by atoms with Crippen LogP contribution in [-0.2, 0) is 30.7 Å². The lowest BCUT2D eigenvalue weighted by Crippen LogP contribution is -2.26. The van der Waals surface area contributed by atoms with Gasteiger partial charge in [0.25, 0.3) is 0 Å². The number of anilines is 1. The van der Waals surface area contributed by atoms with E-state index in [1.807, 2.05) is 19.1 Å². The van der Waals surface area contributed by atoms with Crippen LogP contribution in [0, 0.1) is 0 Å². The van der Waals surface area contributed by atoms with Crippen LogP contribution in [0.4, 0.5) is 5.82 Å². The average molecular weight is 354 g/mol. The van der Waals surface area contributed by atoms with Crippen LogP contribution in [0.3, 0.4) is 0 Å². The fourth-order valence-electron chi connectivity index (χ4n) is 3.63. The quantitative estimate of drug-likeness (QED) is 0.743. The van der Waals surface area contributed by atoms with E-state index in [9.17, 15) is 0 Å². The van der Waals surface area contributed by atoms with Gasteiger partial charge >= 0.3 is 0 Å². The van der Waals surface area contributed by atoms with Crippen LogP contribution in [-0.4, -0.2) is 47.7 Å². The molecule has 2 aromatic heterocycles. The van der Waals surface area contributed by atoms with Gasteiger partial charge in [-0.15, -0.1) is 0 Å². The highest BCUT2D eigenvalue weighted by Gasteiger charge is 2.24. The van der Waals surface area contributed by atoms with Crippen LogP contribution in [0.1, 0.15) is 29.8 Å². The standard InChI is InChI=1S/C20H26N4O2/c1-2-25-15-19-21-18-8-12-23(14-16-6-5-13-26-16)11-7-17(18)20(22-19)24-9-3-4-10-24/h3-6,13H,2,7-12,14-15H2,1H3. The molecule has 2 aromatic rings. The van der Waals surface area contributed by atoms with Crippen LogP contribution in [0.5, 0.6) is 0 Å². The third-order valence-corrected chi connectivity index (χ3v) is 4.97. The fourth-order valence-corrected chi connectivity index (χ4v) is 3.63. The Hall–Kier alpha value is -2.18. The summed E-state index contributed by atoms with van der Waals surface area (Å²) in [5.74, 6) is 2.91. The van der Waals surface area contributed by atoms with Gasteiger partial charge in [-0.25, -0.2) is 9.97 Å². The van der Waals surface area contributed by atoms with Gasteiger partial charge in [-0.05, 0) is 25.5 Å². The molecule has 0 aliphatic carbocycles. The second-order valence-corrected chi connectivity index (χ2v) is 6.76. The van der Waals surface area contributed by atoms with Gasteiger partial charge in [-0.1, -0.05) is 12.2 Å². The maximum Gasteiger partial charge on any atom is 0.156 e. The Kier molecular flexibility index (Phi) is 5.32. The Labute approximate surface area is 154 Å². The summed E-state index contributed by atoms with van der Waals surface area (Å²) >= 11 is 0. The van der Waals surface area contributed by atoms with E-state index in [1.165, 1.54) is 11.3 Å². The molecule has 6 nitrogen and oxygen atoms in total. The molecule has 0 radical (unpaired) electrons. The van der Waals surface area contributed by atoms with E-state index in [0.717, 1.165) is 63.0 Å². The summed E-state index contributed by atoms with van der Waals surface area (Å²) in [5, 5.41) is 0. The van der Waals surface area contributed by atoms with Crippen LogP contribution in [0.2, 0.25) is 0 Å². The van der Waals surface area contributed by atoms with Gasteiger partial charge in [-0.3, -0.25) is 4.90 Å². The van der Waals surface area contributed by atoms with Crippen molar-refractivity contribution in [1.29, 1.82) is 0 Å². The Morgan fingerprint density at radius 2 is 2.00 bits per heavy atom. The van der Waals surface area contributed by atoms with E-state index < -0.39 is 0 Å². The first kappa shape index (κ1) is 17.2. The van der Waals surface area contributed by atoms with E-state index in [-0.39, 0.29) is 0 Å². The van der Waals surface area contributed by atoms with Gasteiger partial charge in [0, 0.05) is 44.8 Å². The summed E-state index contributed by atoms with van der Waals surface area (Å²) in [6.07, 6.45) is 8.06. The van der Waals surface area contributed by atoms with Gasteiger partial charge < -0.3 is 14.1 Å². The van der Waals surface area contributed by atoms with Crippen molar-refractivity contribution in [3.8, 4) is 0 Å². The molecule has 0 bridgehead atoms. The van der Waals surface area contributed by atoms with Gasteiger partial charge in [0.1, 0.15) is 18.2 Å². The molecule has 0 saturated heterocycles. The number of aromatic nitrogens is 2. The van der Waals surface area contributed by atoms with Crippen molar-refractivity contribution >= 4 is 5.82 Å².